The molecule has 5 nitrogen and oxygen atoms in total. The van der Waals surface area contributed by atoms with Crippen LogP contribution in [0.4, 0.5) is 11.4 Å². The van der Waals surface area contributed by atoms with Crippen LogP contribution in [0.3, 0.4) is 0 Å². The number of amides is 2. The molecule has 0 radical (unpaired) electrons. The third kappa shape index (κ3) is 2.80. The Morgan fingerprint density at radius 3 is 2.67 bits per heavy atom. The molecule has 2 amide bonds. The first kappa shape index (κ1) is 12.4. The molecule has 1 aromatic rings. The Morgan fingerprint density at radius 1 is 1.33 bits per heavy atom. The van der Waals surface area contributed by atoms with Gasteiger partial charge in [-0.3, -0.25) is 9.59 Å². The molecule has 0 bridgehead atoms. The number of nitrogens with one attached hydrogen (secondary N) is 3. The van der Waals surface area contributed by atoms with Gasteiger partial charge in [-0.25, -0.2) is 0 Å². The van der Waals surface area contributed by atoms with Gasteiger partial charge in [-0.1, -0.05) is 12.1 Å². The van der Waals surface area contributed by atoms with Crippen LogP contribution in [0, 0.1) is 0 Å². The van der Waals surface area contributed by atoms with Crippen molar-refractivity contribution in [1.29, 1.82) is 0 Å². The van der Waals surface area contributed by atoms with Gasteiger partial charge < -0.3 is 16.0 Å². The van der Waals surface area contributed by atoms with Crippen LogP contribution in [-0.4, -0.2) is 23.9 Å². The number of carbonyl (C=O) groups is 2. The molecule has 1 aromatic carbocycles. The first-order valence-electron chi connectivity index (χ1n) is 6.02. The van der Waals surface area contributed by atoms with Crippen LogP contribution in [0.2, 0.25) is 0 Å². The van der Waals surface area contributed by atoms with Gasteiger partial charge in [0, 0.05) is 6.04 Å². The van der Waals surface area contributed by atoms with Crippen molar-refractivity contribution in [2.75, 3.05) is 10.6 Å². The van der Waals surface area contributed by atoms with E-state index in [4.69, 9.17) is 0 Å². The van der Waals surface area contributed by atoms with Crippen molar-refractivity contribution in [1.82, 2.24) is 5.32 Å². The second-order valence-electron chi connectivity index (χ2n) is 4.66. The van der Waals surface area contributed by atoms with Gasteiger partial charge in [0.05, 0.1) is 17.8 Å². The highest BCUT2D eigenvalue weighted by atomic mass is 16.2. The maximum Gasteiger partial charge on any atom is 0.247 e. The van der Waals surface area contributed by atoms with Crippen LogP contribution in [-0.2, 0) is 9.59 Å². The summed E-state index contributed by atoms with van der Waals surface area (Å²) in [5, 5.41) is 8.64. The Kier molecular flexibility index (Phi) is 3.50. The summed E-state index contributed by atoms with van der Waals surface area (Å²) in [5.41, 5.74) is 1.60. The highest BCUT2D eigenvalue weighted by Crippen LogP contribution is 2.26. The highest BCUT2D eigenvalue weighted by Gasteiger charge is 2.27. The predicted molar refractivity (Wildman–Crippen MR) is 70.4 cm³/mol. The number of carbonyl (C=O) groups excluding carboxylic acids is 2. The molecule has 96 valence electrons. The monoisotopic (exact) mass is 247 g/mol. The van der Waals surface area contributed by atoms with Crippen LogP contribution < -0.4 is 16.0 Å². The van der Waals surface area contributed by atoms with Gasteiger partial charge in [-0.2, -0.15) is 0 Å². The van der Waals surface area contributed by atoms with Crippen LogP contribution in [0.25, 0.3) is 0 Å². The molecule has 2 rings (SSSR count). The fourth-order valence-corrected chi connectivity index (χ4v) is 1.90. The molecule has 5 heteroatoms. The van der Waals surface area contributed by atoms with E-state index < -0.39 is 6.04 Å². The van der Waals surface area contributed by atoms with Crippen LogP contribution in [0.1, 0.15) is 20.3 Å². The highest BCUT2D eigenvalue weighted by molar-refractivity contribution is 6.04. The molecule has 0 fully saturated rings. The average molecular weight is 247 g/mol. The number of benzene rings is 1. The van der Waals surface area contributed by atoms with E-state index in [2.05, 4.69) is 16.0 Å². The van der Waals surface area contributed by atoms with Crippen molar-refractivity contribution >= 4 is 23.2 Å². The maximum atomic E-state index is 11.8. The normalized spacial score (nSPS) is 17.7. The smallest absolute Gasteiger partial charge is 0.247 e. The lowest BCUT2D eigenvalue weighted by molar-refractivity contribution is -0.125. The zero-order chi connectivity index (χ0) is 13.1. The van der Waals surface area contributed by atoms with Gasteiger partial charge >= 0.3 is 0 Å². The molecule has 0 saturated heterocycles. The standard InChI is InChI=1S/C13H17N3O2/c1-8(2)14-12(17)7-11-13(18)16-10-6-4-3-5-9(10)15-11/h3-6,8,11,15H,7H2,1-2H3,(H,14,17)(H,16,18)/t11-/m0/s1. The third-order valence-electron chi connectivity index (χ3n) is 2.67. The fraction of sp³-hybridized carbons (Fsp3) is 0.385. The summed E-state index contributed by atoms with van der Waals surface area (Å²) in [6, 6.07) is 7.00. The predicted octanol–water partition coefficient (Wildman–Crippen LogP) is 1.33. The Morgan fingerprint density at radius 2 is 2.00 bits per heavy atom. The Balaban J connectivity index is 2.04. The first-order chi connectivity index (χ1) is 8.56. The lowest BCUT2D eigenvalue weighted by Gasteiger charge is -2.26. The molecule has 0 saturated carbocycles. The zero-order valence-electron chi connectivity index (χ0n) is 10.5. The average Bonchev–Trinajstić information content (AvgIpc) is 2.29. The second kappa shape index (κ2) is 5.08. The lowest BCUT2D eigenvalue weighted by Crippen LogP contribution is -2.43. The van der Waals surface area contributed by atoms with Crippen LogP contribution in [0.5, 0.6) is 0 Å². The number of anilines is 2. The van der Waals surface area contributed by atoms with Gasteiger partial charge in [-0.15, -0.1) is 0 Å². The Bertz CT molecular complexity index is 471. The molecular weight excluding hydrogens is 230 g/mol. The summed E-state index contributed by atoms with van der Waals surface area (Å²) in [6.45, 7) is 3.78. The van der Waals surface area contributed by atoms with Crippen molar-refractivity contribution in [3.63, 3.8) is 0 Å². The molecule has 3 N–H and O–H groups in total. The van der Waals surface area contributed by atoms with Crippen molar-refractivity contribution < 1.29 is 9.59 Å². The Hall–Kier alpha value is -2.04. The van der Waals surface area contributed by atoms with E-state index in [-0.39, 0.29) is 24.3 Å². The van der Waals surface area contributed by atoms with E-state index in [0.29, 0.717) is 0 Å². The number of rotatable bonds is 3. The summed E-state index contributed by atoms with van der Waals surface area (Å²) in [4.78, 5) is 23.5. The van der Waals surface area contributed by atoms with Gasteiger partial charge in [-0.05, 0) is 26.0 Å². The lowest BCUT2D eigenvalue weighted by atomic mass is 10.1. The topological polar surface area (TPSA) is 70.2 Å². The summed E-state index contributed by atoms with van der Waals surface area (Å²) in [5.74, 6) is -0.301. The summed E-state index contributed by atoms with van der Waals surface area (Å²) < 4.78 is 0. The molecule has 0 unspecified atom stereocenters. The second-order valence-corrected chi connectivity index (χ2v) is 4.66. The minimum Gasteiger partial charge on any atom is -0.372 e. The molecule has 0 aromatic heterocycles. The molecule has 1 atom stereocenters. The molecule has 1 heterocycles. The van der Waals surface area contributed by atoms with E-state index in [9.17, 15) is 9.59 Å². The summed E-state index contributed by atoms with van der Waals surface area (Å²) in [7, 11) is 0. The molecule has 0 spiro atoms. The molecule has 1 aliphatic heterocycles. The molecule has 1 aliphatic rings. The van der Waals surface area contributed by atoms with E-state index in [1.54, 1.807) is 0 Å². The zero-order valence-corrected chi connectivity index (χ0v) is 10.5. The number of hydrogen-bond acceptors (Lipinski definition) is 3. The number of fused-ring (bicyclic) bond motifs is 1. The molecule has 18 heavy (non-hydrogen) atoms. The van der Waals surface area contributed by atoms with E-state index in [1.165, 1.54) is 0 Å². The maximum absolute atomic E-state index is 11.8. The molecule has 0 aliphatic carbocycles. The van der Waals surface area contributed by atoms with Gasteiger partial charge in [0.25, 0.3) is 0 Å². The van der Waals surface area contributed by atoms with E-state index in [0.717, 1.165) is 11.4 Å². The van der Waals surface area contributed by atoms with Crippen LogP contribution >= 0.6 is 0 Å². The summed E-state index contributed by atoms with van der Waals surface area (Å²) >= 11 is 0. The van der Waals surface area contributed by atoms with Gasteiger partial charge in [0.15, 0.2) is 0 Å². The number of para-hydroxylation sites is 2. The van der Waals surface area contributed by atoms with Crippen molar-refractivity contribution in [3.05, 3.63) is 24.3 Å². The fourth-order valence-electron chi connectivity index (χ4n) is 1.90. The number of hydrogen-bond donors (Lipinski definition) is 3. The van der Waals surface area contributed by atoms with Crippen molar-refractivity contribution in [2.24, 2.45) is 0 Å². The van der Waals surface area contributed by atoms with E-state index in [1.807, 2.05) is 38.1 Å². The first-order valence-corrected chi connectivity index (χ1v) is 6.02. The largest absolute Gasteiger partial charge is 0.372 e. The summed E-state index contributed by atoms with van der Waals surface area (Å²) in [6.07, 6.45) is 0.137. The van der Waals surface area contributed by atoms with Crippen LogP contribution in [0.15, 0.2) is 24.3 Å². The van der Waals surface area contributed by atoms with Gasteiger partial charge in [0.2, 0.25) is 11.8 Å². The SMILES string of the molecule is CC(C)NC(=O)C[C@@H]1Nc2ccccc2NC1=O. The quantitative estimate of drug-likeness (QED) is 0.754. The van der Waals surface area contributed by atoms with Crippen molar-refractivity contribution in [3.8, 4) is 0 Å². The molecular formula is C13H17N3O2. The van der Waals surface area contributed by atoms with Crippen molar-refractivity contribution in [2.45, 2.75) is 32.4 Å². The van der Waals surface area contributed by atoms with Gasteiger partial charge in [0.1, 0.15) is 6.04 Å². The van der Waals surface area contributed by atoms with E-state index >= 15 is 0 Å². The minimum absolute atomic E-state index is 0.0800. The Labute approximate surface area is 106 Å². The minimum atomic E-state index is -0.515. The third-order valence-corrected chi connectivity index (χ3v) is 2.67.